The van der Waals surface area contributed by atoms with E-state index in [0.717, 1.165) is 16.3 Å². The Morgan fingerprint density at radius 3 is 2.83 bits per heavy atom. The van der Waals surface area contributed by atoms with Crippen LogP contribution in [0.15, 0.2) is 52.4 Å². The first-order valence-electron chi connectivity index (χ1n) is 9.24. The molecular weight excluding hydrogens is 392 g/mol. The van der Waals surface area contributed by atoms with Crippen molar-refractivity contribution in [1.82, 2.24) is 10.1 Å². The Morgan fingerprint density at radius 2 is 2.10 bits per heavy atom. The Kier molecular flexibility index (Phi) is 5.48. The van der Waals surface area contributed by atoms with Gasteiger partial charge in [0.25, 0.3) is 0 Å². The second-order valence-corrected chi connectivity index (χ2v) is 7.33. The van der Waals surface area contributed by atoms with Gasteiger partial charge in [0, 0.05) is 24.8 Å². The highest BCUT2D eigenvalue weighted by Gasteiger charge is 2.31. The van der Waals surface area contributed by atoms with Crippen molar-refractivity contribution < 1.29 is 18.8 Å². The van der Waals surface area contributed by atoms with Crippen LogP contribution < -0.4 is 15.0 Å². The van der Waals surface area contributed by atoms with Gasteiger partial charge in [0.05, 0.1) is 11.5 Å². The Hall–Kier alpha value is -3.33. The molecule has 29 heavy (non-hydrogen) atoms. The van der Waals surface area contributed by atoms with E-state index < -0.39 is 0 Å². The van der Waals surface area contributed by atoms with Crippen molar-refractivity contribution >= 4 is 34.8 Å². The molecule has 4 rings (SSSR count). The number of aromatic nitrogens is 1. The Balaban J connectivity index is 1.34. The number of urea groups is 1. The van der Waals surface area contributed by atoms with Crippen LogP contribution in [0.5, 0.6) is 5.75 Å². The average molecular weight is 412 g/mol. The molecule has 1 aromatic carbocycles. The van der Waals surface area contributed by atoms with E-state index in [4.69, 9.17) is 9.26 Å². The van der Waals surface area contributed by atoms with Crippen LogP contribution in [0, 0.1) is 0 Å². The van der Waals surface area contributed by atoms with Gasteiger partial charge < -0.3 is 14.2 Å². The Bertz CT molecular complexity index is 984. The average Bonchev–Trinajstić information content (AvgIpc) is 3.45. The molecule has 0 atom stereocenters. The van der Waals surface area contributed by atoms with Crippen LogP contribution in [0.2, 0.25) is 0 Å². The van der Waals surface area contributed by atoms with E-state index in [2.05, 4.69) is 10.5 Å². The monoisotopic (exact) mass is 412 g/mol. The summed E-state index contributed by atoms with van der Waals surface area (Å²) in [6, 6.07) is 12.6. The predicted octanol–water partition coefficient (Wildman–Crippen LogP) is 3.68. The van der Waals surface area contributed by atoms with Gasteiger partial charge in [-0.25, -0.2) is 4.79 Å². The van der Waals surface area contributed by atoms with Crippen molar-refractivity contribution in [3.05, 3.63) is 47.8 Å². The highest BCUT2D eigenvalue weighted by Crippen LogP contribution is 2.26. The quantitative estimate of drug-likeness (QED) is 0.640. The lowest BCUT2D eigenvalue weighted by molar-refractivity contribution is -0.116. The number of anilines is 2. The van der Waals surface area contributed by atoms with Crippen LogP contribution in [-0.4, -0.2) is 48.2 Å². The lowest BCUT2D eigenvalue weighted by Crippen LogP contribution is -2.37. The molecule has 150 valence electrons. The highest BCUT2D eigenvalue weighted by molar-refractivity contribution is 7.13. The summed E-state index contributed by atoms with van der Waals surface area (Å²) in [5.74, 6) is 0.683. The molecule has 0 unspecified atom stereocenters. The summed E-state index contributed by atoms with van der Waals surface area (Å²) in [5, 5.41) is 8.55. The van der Waals surface area contributed by atoms with E-state index in [-0.39, 0.29) is 24.4 Å². The van der Waals surface area contributed by atoms with Gasteiger partial charge >= 0.3 is 6.03 Å². The number of thiophene rings is 1. The number of nitrogens with one attached hydrogen (secondary N) is 1. The number of nitrogens with zero attached hydrogens (tertiary/aromatic N) is 3. The van der Waals surface area contributed by atoms with Gasteiger partial charge in [0.2, 0.25) is 11.8 Å². The molecule has 0 bridgehead atoms. The first-order chi connectivity index (χ1) is 14.1. The molecule has 3 amide bonds. The van der Waals surface area contributed by atoms with E-state index in [0.29, 0.717) is 25.4 Å². The summed E-state index contributed by atoms with van der Waals surface area (Å²) < 4.78 is 10.6. The molecule has 2 aromatic heterocycles. The first kappa shape index (κ1) is 19.0. The molecule has 0 radical (unpaired) electrons. The smallest absolute Gasteiger partial charge is 0.325 e. The van der Waals surface area contributed by atoms with Crippen LogP contribution in [0.25, 0.3) is 10.6 Å². The van der Waals surface area contributed by atoms with Crippen molar-refractivity contribution in [3.8, 4) is 16.3 Å². The predicted molar refractivity (Wildman–Crippen MR) is 110 cm³/mol. The summed E-state index contributed by atoms with van der Waals surface area (Å²) in [7, 11) is 0. The van der Waals surface area contributed by atoms with Crippen LogP contribution in [0.4, 0.5) is 16.4 Å². The van der Waals surface area contributed by atoms with Gasteiger partial charge in [0.1, 0.15) is 18.0 Å². The topological polar surface area (TPSA) is 87.9 Å². The largest absolute Gasteiger partial charge is 0.494 e. The van der Waals surface area contributed by atoms with Gasteiger partial charge in [0.15, 0.2) is 0 Å². The zero-order chi connectivity index (χ0) is 20.2. The number of benzene rings is 1. The van der Waals surface area contributed by atoms with Gasteiger partial charge in [-0.15, -0.1) is 11.3 Å². The molecule has 1 fully saturated rings. The summed E-state index contributed by atoms with van der Waals surface area (Å²) >= 11 is 1.53. The zero-order valence-electron chi connectivity index (χ0n) is 15.8. The summed E-state index contributed by atoms with van der Waals surface area (Å²) in [6.07, 6.45) is 0. The molecule has 3 heterocycles. The Labute approximate surface area is 171 Å². The first-order valence-corrected chi connectivity index (χ1v) is 10.1. The molecule has 1 aliphatic heterocycles. The molecular formula is C20H20N4O4S. The molecule has 8 nitrogen and oxygen atoms in total. The third-order valence-electron chi connectivity index (χ3n) is 4.44. The van der Waals surface area contributed by atoms with Gasteiger partial charge in [-0.05, 0) is 42.6 Å². The number of amides is 3. The number of hydrogen-bond donors (Lipinski definition) is 1. The molecule has 1 aliphatic rings. The lowest BCUT2D eigenvalue weighted by atomic mass is 10.3. The minimum atomic E-state index is -0.333. The molecule has 1 saturated heterocycles. The summed E-state index contributed by atoms with van der Waals surface area (Å²) in [5.41, 5.74) is 1.44. The fourth-order valence-electron chi connectivity index (χ4n) is 3.08. The molecule has 0 aliphatic carbocycles. The summed E-state index contributed by atoms with van der Waals surface area (Å²) in [6.45, 7) is 3.44. The number of ether oxygens (including phenoxy) is 1. The van der Waals surface area contributed by atoms with Crippen LogP contribution >= 0.6 is 11.3 Å². The number of carbonyl (C=O) groups excluding carboxylic acids is 2. The highest BCUT2D eigenvalue weighted by atomic mass is 32.1. The SMILES string of the molecule is CCOc1ccc(N2CCN(CC(=O)Nc3cc(-c4cccs4)no3)C2=O)cc1. The van der Waals surface area contributed by atoms with E-state index in [1.165, 1.54) is 16.2 Å². The summed E-state index contributed by atoms with van der Waals surface area (Å²) in [4.78, 5) is 29.1. The maximum atomic E-state index is 12.7. The maximum absolute atomic E-state index is 12.7. The maximum Gasteiger partial charge on any atom is 0.325 e. The minimum Gasteiger partial charge on any atom is -0.494 e. The zero-order valence-corrected chi connectivity index (χ0v) is 16.6. The standard InChI is InChI=1S/C20H20N4O4S/c1-2-27-15-7-5-14(6-8-15)24-10-9-23(20(24)26)13-18(25)21-19-12-16(22-28-19)17-4-3-11-29-17/h3-8,11-12H,2,9-10,13H2,1H3,(H,21,25). The third kappa shape index (κ3) is 4.24. The van der Waals surface area contributed by atoms with Gasteiger partial charge in [-0.2, -0.15) is 0 Å². The third-order valence-corrected chi connectivity index (χ3v) is 5.33. The lowest BCUT2D eigenvalue weighted by Gasteiger charge is -2.18. The van der Waals surface area contributed by atoms with Crippen molar-refractivity contribution in [2.24, 2.45) is 0 Å². The normalized spacial score (nSPS) is 13.8. The van der Waals surface area contributed by atoms with Gasteiger partial charge in [-0.3, -0.25) is 15.0 Å². The second-order valence-electron chi connectivity index (χ2n) is 6.38. The fourth-order valence-corrected chi connectivity index (χ4v) is 3.76. The number of hydrogen-bond acceptors (Lipinski definition) is 6. The minimum absolute atomic E-state index is 0.0542. The van der Waals surface area contributed by atoms with E-state index >= 15 is 0 Å². The van der Waals surface area contributed by atoms with Crippen LogP contribution in [0.3, 0.4) is 0 Å². The van der Waals surface area contributed by atoms with E-state index in [1.807, 2.05) is 48.7 Å². The molecule has 3 aromatic rings. The molecule has 9 heteroatoms. The molecule has 0 saturated carbocycles. The van der Waals surface area contributed by atoms with E-state index in [1.54, 1.807) is 11.0 Å². The molecule has 0 spiro atoms. The van der Waals surface area contributed by atoms with Crippen molar-refractivity contribution in [2.45, 2.75) is 6.92 Å². The van der Waals surface area contributed by atoms with Crippen molar-refractivity contribution in [2.75, 3.05) is 36.5 Å². The van der Waals surface area contributed by atoms with Crippen LogP contribution in [-0.2, 0) is 4.79 Å². The van der Waals surface area contributed by atoms with E-state index in [9.17, 15) is 9.59 Å². The number of carbonyl (C=O) groups is 2. The Morgan fingerprint density at radius 1 is 1.28 bits per heavy atom. The fraction of sp³-hybridized carbons (Fsp3) is 0.250. The second kappa shape index (κ2) is 8.36. The van der Waals surface area contributed by atoms with Gasteiger partial charge in [-0.1, -0.05) is 11.2 Å². The van der Waals surface area contributed by atoms with Crippen molar-refractivity contribution in [3.63, 3.8) is 0 Å². The van der Waals surface area contributed by atoms with Crippen molar-refractivity contribution in [1.29, 1.82) is 0 Å². The molecule has 1 N–H and O–H groups in total. The number of rotatable bonds is 7. The van der Waals surface area contributed by atoms with Crippen LogP contribution in [0.1, 0.15) is 6.92 Å².